The van der Waals surface area contributed by atoms with Gasteiger partial charge in [-0.2, -0.15) is 0 Å². The molecule has 45 heavy (non-hydrogen) atoms. The summed E-state index contributed by atoms with van der Waals surface area (Å²) in [6.07, 6.45) is 3.96. The average molecular weight is 626 g/mol. The maximum Gasteiger partial charge on any atom is 0.325 e. The number of hydrogen-bond donors (Lipinski definition) is 3. The zero-order chi connectivity index (χ0) is 33.5. The third-order valence-electron chi connectivity index (χ3n) is 7.00. The van der Waals surface area contributed by atoms with Gasteiger partial charge in [0.25, 0.3) is 5.91 Å². The maximum atomic E-state index is 12.7. The summed E-state index contributed by atoms with van der Waals surface area (Å²) in [4.78, 5) is 43.5. The number of aliphatic carboxylic acids is 1. The molecule has 12 heteroatoms. The lowest BCUT2D eigenvalue weighted by atomic mass is 10.00. The summed E-state index contributed by atoms with van der Waals surface area (Å²) in [7, 11) is 6.85. The number of nitrogens with zero attached hydrogens (tertiary/aromatic N) is 3. The second kappa shape index (κ2) is 18.3. The highest BCUT2D eigenvalue weighted by Gasteiger charge is 2.20. The van der Waals surface area contributed by atoms with E-state index >= 15 is 0 Å². The second-order valence-electron chi connectivity index (χ2n) is 11.0. The van der Waals surface area contributed by atoms with Crippen LogP contribution in [0.15, 0.2) is 53.2 Å². The number of rotatable bonds is 19. The number of amides is 2. The number of ether oxygens (including phenoxy) is 3. The monoisotopic (exact) mass is 625 g/mol. The van der Waals surface area contributed by atoms with Crippen LogP contribution in [0.2, 0.25) is 0 Å². The normalized spacial score (nSPS) is 12.6. The van der Waals surface area contributed by atoms with Crippen LogP contribution in [0.3, 0.4) is 0 Å². The summed E-state index contributed by atoms with van der Waals surface area (Å²) in [6, 6.07) is 9.75. The van der Waals surface area contributed by atoms with Crippen LogP contribution in [0.25, 0.3) is 0 Å². The number of carbonyl (C=O) groups excluding carboxylic acids is 2. The van der Waals surface area contributed by atoms with Gasteiger partial charge in [-0.3, -0.25) is 14.4 Å². The minimum absolute atomic E-state index is 0.0739. The summed E-state index contributed by atoms with van der Waals surface area (Å²) in [5.41, 5.74) is 8.22. The predicted molar refractivity (Wildman–Crippen MR) is 175 cm³/mol. The van der Waals surface area contributed by atoms with Crippen molar-refractivity contribution in [1.82, 2.24) is 15.1 Å². The molecule has 0 fully saturated rings. The maximum absolute atomic E-state index is 12.7. The Morgan fingerprint density at radius 3 is 2.24 bits per heavy atom. The Hall–Kier alpha value is -4.58. The molecule has 246 valence electrons. The van der Waals surface area contributed by atoms with E-state index in [0.29, 0.717) is 35.1 Å². The minimum atomic E-state index is -1.19. The van der Waals surface area contributed by atoms with E-state index in [1.807, 2.05) is 32.0 Å². The Balaban J connectivity index is 2.38. The molecule has 0 saturated heterocycles. The highest BCUT2D eigenvalue weighted by Crippen LogP contribution is 2.35. The van der Waals surface area contributed by atoms with E-state index in [9.17, 15) is 19.5 Å². The van der Waals surface area contributed by atoms with Crippen molar-refractivity contribution in [3.05, 3.63) is 59.3 Å². The Morgan fingerprint density at radius 2 is 1.67 bits per heavy atom. The van der Waals surface area contributed by atoms with Crippen molar-refractivity contribution in [2.75, 3.05) is 54.6 Å². The third kappa shape index (κ3) is 11.5. The van der Waals surface area contributed by atoms with Crippen LogP contribution < -0.4 is 25.3 Å². The highest BCUT2D eigenvalue weighted by atomic mass is 16.5. The molecule has 2 rings (SSSR count). The van der Waals surface area contributed by atoms with Crippen LogP contribution in [0.4, 0.5) is 5.69 Å². The first-order chi connectivity index (χ1) is 21.4. The smallest absolute Gasteiger partial charge is 0.325 e. The molecule has 2 aromatic carbocycles. The fourth-order valence-corrected chi connectivity index (χ4v) is 4.41. The molecule has 12 nitrogen and oxygen atoms in total. The summed E-state index contributed by atoms with van der Waals surface area (Å²) in [5, 5.41) is 11.6. The van der Waals surface area contributed by atoms with Crippen molar-refractivity contribution in [2.45, 2.75) is 45.6 Å². The quantitative estimate of drug-likeness (QED) is 0.0920. The van der Waals surface area contributed by atoms with Gasteiger partial charge >= 0.3 is 5.97 Å². The second-order valence-corrected chi connectivity index (χ2v) is 11.0. The van der Waals surface area contributed by atoms with Crippen LogP contribution >= 0.6 is 0 Å². The number of methoxy groups -OCH3 is 2. The van der Waals surface area contributed by atoms with E-state index in [-0.39, 0.29) is 17.3 Å². The van der Waals surface area contributed by atoms with Gasteiger partial charge in [0.1, 0.15) is 23.3 Å². The van der Waals surface area contributed by atoms with Gasteiger partial charge in [0.15, 0.2) is 0 Å². The van der Waals surface area contributed by atoms with E-state index < -0.39 is 17.9 Å². The van der Waals surface area contributed by atoms with Gasteiger partial charge in [0.2, 0.25) is 6.41 Å². The first-order valence-corrected chi connectivity index (χ1v) is 14.8. The summed E-state index contributed by atoms with van der Waals surface area (Å²) in [5.74, 6) is -0.262. The number of allylic oxidation sites excluding steroid dienone is 1. The summed E-state index contributed by atoms with van der Waals surface area (Å²) in [6.45, 7) is 8.45. The molecule has 0 heterocycles. The third-order valence-corrected chi connectivity index (χ3v) is 7.00. The zero-order valence-corrected chi connectivity index (χ0v) is 27.3. The average Bonchev–Trinajstić information content (AvgIpc) is 3.02. The zero-order valence-electron chi connectivity index (χ0n) is 27.3. The first kappa shape index (κ1) is 36.6. The molecular formula is C33H47N5O7. The molecule has 1 atom stereocenters. The van der Waals surface area contributed by atoms with Crippen LogP contribution in [0, 0.1) is 0 Å². The highest BCUT2D eigenvalue weighted by molar-refractivity contribution is 6.16. The standard InChI is InChI=1S/C33H47N5O7/c1-22(2)25-19-24(45-18-10-17-37(4)15-9-16-38(5)21-39)13-14-27(25)36-28(20-26(34)32(40)35-23(3)33(41)42)31-29(43-6)11-8-12-30(31)44-7/h8,11-14,19-23H,9-10,15-18,34H2,1-7H3,(H,35,40)(H,41,42)/b26-20-,36-28?. The molecule has 0 aliphatic heterocycles. The molecule has 0 aromatic heterocycles. The van der Waals surface area contributed by atoms with Crippen molar-refractivity contribution in [2.24, 2.45) is 10.7 Å². The van der Waals surface area contributed by atoms with Gasteiger partial charge in [0.05, 0.1) is 43.5 Å². The van der Waals surface area contributed by atoms with E-state index in [1.165, 1.54) is 27.2 Å². The number of aliphatic imine (C=N–C) groups is 1. The summed E-state index contributed by atoms with van der Waals surface area (Å²) >= 11 is 0. The lowest BCUT2D eigenvalue weighted by molar-refractivity contribution is -0.140. The molecule has 0 spiro atoms. The predicted octanol–water partition coefficient (Wildman–Crippen LogP) is 3.56. The van der Waals surface area contributed by atoms with Gasteiger partial charge < -0.3 is 40.2 Å². The Bertz CT molecular complexity index is 1340. The SMILES string of the molecule is COc1cccc(OC)c1C(/C=C(\N)C(=O)NC(C)C(=O)O)=Nc1ccc(OCCCN(C)CCCN(C)C=O)cc1C(C)C. The van der Waals surface area contributed by atoms with Crippen LogP contribution in [-0.2, 0) is 14.4 Å². The number of carbonyl (C=O) groups is 3. The molecule has 0 radical (unpaired) electrons. The van der Waals surface area contributed by atoms with Crippen LogP contribution in [0.5, 0.6) is 17.2 Å². The number of nitrogens with one attached hydrogen (secondary N) is 1. The Labute approximate surface area is 265 Å². The van der Waals surface area contributed by atoms with Crippen LogP contribution in [0.1, 0.15) is 50.7 Å². The first-order valence-electron chi connectivity index (χ1n) is 14.8. The molecule has 0 bridgehead atoms. The molecule has 2 aromatic rings. The molecule has 0 aliphatic carbocycles. The number of carboxylic acids is 1. The molecule has 0 saturated carbocycles. The van der Waals surface area contributed by atoms with E-state index in [1.54, 1.807) is 30.1 Å². The van der Waals surface area contributed by atoms with Crippen molar-refractivity contribution < 1.29 is 33.7 Å². The van der Waals surface area contributed by atoms with Crippen molar-refractivity contribution >= 4 is 29.7 Å². The van der Waals surface area contributed by atoms with Crippen molar-refractivity contribution in [3.63, 3.8) is 0 Å². The van der Waals surface area contributed by atoms with Gasteiger partial charge in [0, 0.05) is 20.1 Å². The molecule has 0 aliphatic rings. The lowest BCUT2D eigenvalue weighted by Gasteiger charge is -2.19. The fourth-order valence-electron chi connectivity index (χ4n) is 4.41. The lowest BCUT2D eigenvalue weighted by Crippen LogP contribution is -2.40. The number of carboxylic acid groups (broad SMARTS) is 1. The molecule has 2 amide bonds. The van der Waals surface area contributed by atoms with E-state index in [0.717, 1.165) is 44.4 Å². The Kier molecular flexibility index (Phi) is 14.9. The number of hydrogen-bond acceptors (Lipinski definition) is 9. The van der Waals surface area contributed by atoms with Crippen molar-refractivity contribution in [1.29, 1.82) is 0 Å². The topological polar surface area (TPSA) is 156 Å². The van der Waals surface area contributed by atoms with Gasteiger partial charge in [-0.05, 0) is 81.2 Å². The molecular weight excluding hydrogens is 578 g/mol. The van der Waals surface area contributed by atoms with E-state index in [4.69, 9.17) is 24.9 Å². The van der Waals surface area contributed by atoms with Gasteiger partial charge in [-0.1, -0.05) is 19.9 Å². The fraction of sp³-hybridized carbons (Fsp3) is 0.455. The number of benzene rings is 2. The summed E-state index contributed by atoms with van der Waals surface area (Å²) < 4.78 is 17.3. The Morgan fingerprint density at radius 1 is 1.02 bits per heavy atom. The largest absolute Gasteiger partial charge is 0.496 e. The van der Waals surface area contributed by atoms with Crippen LogP contribution in [-0.4, -0.2) is 99.5 Å². The minimum Gasteiger partial charge on any atom is -0.496 e. The molecule has 1 unspecified atom stereocenters. The number of nitrogens with two attached hydrogens (primary N) is 1. The molecule has 4 N–H and O–H groups in total. The van der Waals surface area contributed by atoms with Gasteiger partial charge in [-0.15, -0.1) is 0 Å². The van der Waals surface area contributed by atoms with Crippen molar-refractivity contribution in [3.8, 4) is 17.2 Å². The van der Waals surface area contributed by atoms with E-state index in [2.05, 4.69) is 17.3 Å². The van der Waals surface area contributed by atoms with Gasteiger partial charge in [-0.25, -0.2) is 4.99 Å².